The molecular weight excluding hydrogens is 236 g/mol. The third kappa shape index (κ3) is 1.66. The molecule has 3 rings (SSSR count). The van der Waals surface area contributed by atoms with Gasteiger partial charge in [0.25, 0.3) is 0 Å². The van der Waals surface area contributed by atoms with Crippen molar-refractivity contribution in [3.63, 3.8) is 0 Å². The van der Waals surface area contributed by atoms with Gasteiger partial charge in [0.15, 0.2) is 5.82 Å². The van der Waals surface area contributed by atoms with Crippen molar-refractivity contribution >= 4 is 22.5 Å². The Morgan fingerprint density at radius 1 is 1.18 bits per heavy atom. The second-order valence-corrected chi connectivity index (χ2v) is 3.87. The number of alkyl halides is 1. The largest absolute Gasteiger partial charge is 0.282 e. The number of nitrogens with zero attached hydrogens (tertiary/aromatic N) is 4. The topological polar surface area (TPSA) is 43.6 Å². The summed E-state index contributed by atoms with van der Waals surface area (Å²) < 4.78 is 1.86. The lowest BCUT2D eigenvalue weighted by molar-refractivity contribution is 0.954. The van der Waals surface area contributed by atoms with Gasteiger partial charge in [-0.05, 0) is 12.1 Å². The molecule has 0 fully saturated rings. The molecular formula is C12H9ClN4. The second-order valence-electron chi connectivity index (χ2n) is 3.60. The van der Waals surface area contributed by atoms with E-state index in [1.807, 2.05) is 34.9 Å². The number of rotatable bonds is 2. The zero-order chi connectivity index (χ0) is 11.7. The zero-order valence-corrected chi connectivity index (χ0v) is 9.67. The Morgan fingerprint density at radius 2 is 2.06 bits per heavy atom. The first-order valence-corrected chi connectivity index (χ1v) is 5.72. The van der Waals surface area contributed by atoms with Gasteiger partial charge in [-0.15, -0.1) is 21.8 Å². The first-order valence-electron chi connectivity index (χ1n) is 5.19. The number of halogens is 1. The van der Waals surface area contributed by atoms with E-state index in [1.54, 1.807) is 12.5 Å². The molecule has 0 radical (unpaired) electrons. The standard InChI is InChI=1S/C12H9ClN4/c13-7-11-16-15-8-17(11)10-5-1-3-9-4-2-6-14-12(9)10/h1-6,8H,7H2. The van der Waals surface area contributed by atoms with E-state index in [1.165, 1.54) is 0 Å². The van der Waals surface area contributed by atoms with Crippen molar-refractivity contribution in [2.24, 2.45) is 0 Å². The Hall–Kier alpha value is -1.94. The molecule has 84 valence electrons. The van der Waals surface area contributed by atoms with E-state index in [0.29, 0.717) is 11.7 Å². The number of fused-ring (bicyclic) bond motifs is 1. The summed E-state index contributed by atoms with van der Waals surface area (Å²) in [5.41, 5.74) is 1.87. The molecule has 0 spiro atoms. The average molecular weight is 245 g/mol. The molecule has 0 saturated carbocycles. The second kappa shape index (κ2) is 4.14. The van der Waals surface area contributed by atoms with Gasteiger partial charge in [0.1, 0.15) is 6.33 Å². The molecule has 5 heteroatoms. The van der Waals surface area contributed by atoms with E-state index in [0.717, 1.165) is 16.6 Å². The van der Waals surface area contributed by atoms with Crippen LogP contribution < -0.4 is 0 Å². The molecule has 0 atom stereocenters. The maximum Gasteiger partial charge on any atom is 0.152 e. The summed E-state index contributed by atoms with van der Waals surface area (Å²) in [7, 11) is 0. The molecule has 0 amide bonds. The van der Waals surface area contributed by atoms with Gasteiger partial charge in [0, 0.05) is 11.6 Å². The van der Waals surface area contributed by atoms with Gasteiger partial charge in [-0.2, -0.15) is 0 Å². The van der Waals surface area contributed by atoms with Gasteiger partial charge in [-0.25, -0.2) is 0 Å². The Kier molecular flexibility index (Phi) is 2.49. The highest BCUT2D eigenvalue weighted by molar-refractivity contribution is 6.16. The lowest BCUT2D eigenvalue weighted by Crippen LogP contribution is -1.99. The van der Waals surface area contributed by atoms with Crippen LogP contribution in [0.15, 0.2) is 42.9 Å². The lowest BCUT2D eigenvalue weighted by atomic mass is 10.2. The van der Waals surface area contributed by atoms with Gasteiger partial charge >= 0.3 is 0 Å². The van der Waals surface area contributed by atoms with E-state index < -0.39 is 0 Å². The minimum absolute atomic E-state index is 0.323. The molecule has 17 heavy (non-hydrogen) atoms. The zero-order valence-electron chi connectivity index (χ0n) is 8.92. The summed E-state index contributed by atoms with van der Waals surface area (Å²) in [5, 5.41) is 8.93. The highest BCUT2D eigenvalue weighted by Gasteiger charge is 2.08. The van der Waals surface area contributed by atoms with Crippen LogP contribution in [0.1, 0.15) is 5.82 Å². The van der Waals surface area contributed by atoms with Crippen molar-refractivity contribution in [3.8, 4) is 5.69 Å². The maximum absolute atomic E-state index is 5.83. The maximum atomic E-state index is 5.83. The quantitative estimate of drug-likeness (QED) is 0.651. The summed E-state index contributed by atoms with van der Waals surface area (Å²) >= 11 is 5.83. The minimum atomic E-state index is 0.323. The van der Waals surface area contributed by atoms with Crippen LogP contribution in [0.3, 0.4) is 0 Å². The van der Waals surface area contributed by atoms with Crippen molar-refractivity contribution in [1.82, 2.24) is 19.7 Å². The molecule has 0 aliphatic heterocycles. The van der Waals surface area contributed by atoms with Crippen LogP contribution in [0.25, 0.3) is 16.6 Å². The monoisotopic (exact) mass is 244 g/mol. The van der Waals surface area contributed by atoms with E-state index >= 15 is 0 Å². The molecule has 0 aliphatic rings. The van der Waals surface area contributed by atoms with E-state index in [9.17, 15) is 0 Å². The number of para-hydroxylation sites is 1. The van der Waals surface area contributed by atoms with Gasteiger partial charge in [0.05, 0.1) is 17.1 Å². The van der Waals surface area contributed by atoms with Gasteiger partial charge in [-0.1, -0.05) is 18.2 Å². The Balaban J connectivity index is 2.31. The summed E-state index contributed by atoms with van der Waals surface area (Å²) in [4.78, 5) is 4.39. The average Bonchev–Trinajstić information content (AvgIpc) is 2.86. The van der Waals surface area contributed by atoms with Crippen LogP contribution in [0, 0.1) is 0 Å². The molecule has 2 heterocycles. The molecule has 1 aromatic carbocycles. The summed E-state index contributed by atoms with van der Waals surface area (Å²) in [6.45, 7) is 0. The molecule has 0 saturated heterocycles. The van der Waals surface area contributed by atoms with Gasteiger partial charge < -0.3 is 0 Å². The van der Waals surface area contributed by atoms with E-state index in [-0.39, 0.29) is 0 Å². The first kappa shape index (κ1) is 10.2. The van der Waals surface area contributed by atoms with Crippen LogP contribution in [0.5, 0.6) is 0 Å². The number of hydrogen-bond donors (Lipinski definition) is 0. The molecule has 0 N–H and O–H groups in total. The van der Waals surface area contributed by atoms with Crippen LogP contribution >= 0.6 is 11.6 Å². The van der Waals surface area contributed by atoms with Crippen molar-refractivity contribution in [2.75, 3.05) is 0 Å². The van der Waals surface area contributed by atoms with Crippen molar-refractivity contribution in [3.05, 3.63) is 48.7 Å². The third-order valence-electron chi connectivity index (χ3n) is 2.61. The highest BCUT2D eigenvalue weighted by atomic mass is 35.5. The summed E-state index contributed by atoms with van der Waals surface area (Å²) in [6.07, 6.45) is 3.43. The van der Waals surface area contributed by atoms with Crippen LogP contribution in [0.4, 0.5) is 0 Å². The summed E-state index contributed by atoms with van der Waals surface area (Å²) in [5.74, 6) is 1.04. The molecule has 3 aromatic rings. The molecule has 0 bridgehead atoms. The number of aromatic nitrogens is 4. The SMILES string of the molecule is ClCc1nncn1-c1cccc2cccnc12. The van der Waals surface area contributed by atoms with Gasteiger partial charge in [0.2, 0.25) is 0 Å². The Bertz CT molecular complexity index is 657. The van der Waals surface area contributed by atoms with E-state index in [4.69, 9.17) is 11.6 Å². The number of hydrogen-bond acceptors (Lipinski definition) is 3. The normalized spacial score (nSPS) is 10.9. The van der Waals surface area contributed by atoms with Crippen molar-refractivity contribution in [1.29, 1.82) is 0 Å². The minimum Gasteiger partial charge on any atom is -0.282 e. The Morgan fingerprint density at radius 3 is 2.94 bits per heavy atom. The van der Waals surface area contributed by atoms with Crippen molar-refractivity contribution in [2.45, 2.75) is 5.88 Å². The summed E-state index contributed by atoms with van der Waals surface area (Å²) in [6, 6.07) is 9.93. The van der Waals surface area contributed by atoms with Gasteiger partial charge in [-0.3, -0.25) is 9.55 Å². The lowest BCUT2D eigenvalue weighted by Gasteiger charge is -2.07. The van der Waals surface area contributed by atoms with E-state index in [2.05, 4.69) is 15.2 Å². The molecule has 0 unspecified atom stereocenters. The number of benzene rings is 1. The number of pyridine rings is 1. The van der Waals surface area contributed by atoms with Crippen molar-refractivity contribution < 1.29 is 0 Å². The fourth-order valence-corrected chi connectivity index (χ4v) is 2.02. The highest BCUT2D eigenvalue weighted by Crippen LogP contribution is 2.20. The fourth-order valence-electron chi connectivity index (χ4n) is 1.83. The predicted octanol–water partition coefficient (Wildman–Crippen LogP) is 2.55. The molecule has 2 aromatic heterocycles. The molecule has 0 aliphatic carbocycles. The van der Waals surface area contributed by atoms with Crippen LogP contribution in [0.2, 0.25) is 0 Å². The van der Waals surface area contributed by atoms with Crippen LogP contribution in [-0.4, -0.2) is 19.7 Å². The fraction of sp³-hybridized carbons (Fsp3) is 0.0833. The molecule has 4 nitrogen and oxygen atoms in total. The first-order chi connectivity index (χ1) is 8.40. The smallest absolute Gasteiger partial charge is 0.152 e. The third-order valence-corrected chi connectivity index (χ3v) is 2.85. The Labute approximate surface area is 103 Å². The predicted molar refractivity (Wildman–Crippen MR) is 66.2 cm³/mol. The van der Waals surface area contributed by atoms with Crippen LogP contribution in [-0.2, 0) is 5.88 Å².